The summed E-state index contributed by atoms with van der Waals surface area (Å²) in [5.74, 6) is 0.609. The molecule has 2 heterocycles. The number of benzene rings is 1. The van der Waals surface area contributed by atoms with Gasteiger partial charge in [-0.25, -0.2) is 4.98 Å². The van der Waals surface area contributed by atoms with Gasteiger partial charge in [-0.3, -0.25) is 9.59 Å². The summed E-state index contributed by atoms with van der Waals surface area (Å²) < 4.78 is 0. The Bertz CT molecular complexity index is 711. The van der Waals surface area contributed by atoms with Gasteiger partial charge in [0.1, 0.15) is 5.82 Å². The van der Waals surface area contributed by atoms with Crippen LogP contribution in [0.4, 0.5) is 0 Å². The number of rotatable bonds is 4. The molecule has 6 nitrogen and oxygen atoms in total. The zero-order valence-electron chi connectivity index (χ0n) is 13.8. The number of hydrogen-bond donors (Lipinski definition) is 2. The molecule has 1 aliphatic heterocycles. The first-order valence-corrected chi connectivity index (χ1v) is 8.26. The molecule has 2 aromatic rings. The zero-order chi connectivity index (χ0) is 16.9. The fraction of sp³-hybridized carbons (Fsp3) is 0.389. The Morgan fingerprint density at radius 3 is 2.88 bits per heavy atom. The van der Waals surface area contributed by atoms with Gasteiger partial charge in [-0.1, -0.05) is 30.3 Å². The van der Waals surface area contributed by atoms with Gasteiger partial charge in [0, 0.05) is 20.0 Å². The van der Waals surface area contributed by atoms with Gasteiger partial charge in [-0.05, 0) is 18.4 Å². The molecule has 0 saturated carbocycles. The lowest BCUT2D eigenvalue weighted by Crippen LogP contribution is -2.44. The van der Waals surface area contributed by atoms with Crippen LogP contribution in [0.25, 0.3) is 11.3 Å². The standard InChI is InChI=1S/C18H22N4O2/c1-13(23)22-9-5-8-15(12-22)18(24)20-11-17-19-10-16(21-17)14-6-3-2-4-7-14/h2-4,6-7,10,15H,5,8-9,11-12H2,1H3,(H,19,21)(H,20,24)/t15-/m0/s1. The first-order chi connectivity index (χ1) is 11.6. The second-order valence-electron chi connectivity index (χ2n) is 6.13. The number of imidazole rings is 1. The monoisotopic (exact) mass is 326 g/mol. The highest BCUT2D eigenvalue weighted by atomic mass is 16.2. The van der Waals surface area contributed by atoms with E-state index in [1.54, 1.807) is 18.0 Å². The first-order valence-electron chi connectivity index (χ1n) is 8.26. The van der Waals surface area contributed by atoms with Gasteiger partial charge in [0.2, 0.25) is 11.8 Å². The fourth-order valence-electron chi connectivity index (χ4n) is 3.01. The minimum Gasteiger partial charge on any atom is -0.349 e. The van der Waals surface area contributed by atoms with E-state index >= 15 is 0 Å². The number of piperidine rings is 1. The largest absolute Gasteiger partial charge is 0.349 e. The molecule has 0 unspecified atom stereocenters. The quantitative estimate of drug-likeness (QED) is 0.901. The molecular formula is C18H22N4O2. The topological polar surface area (TPSA) is 78.1 Å². The third kappa shape index (κ3) is 3.82. The van der Waals surface area contributed by atoms with Crippen molar-refractivity contribution < 1.29 is 9.59 Å². The maximum Gasteiger partial charge on any atom is 0.225 e. The van der Waals surface area contributed by atoms with Crippen LogP contribution in [0.3, 0.4) is 0 Å². The zero-order valence-corrected chi connectivity index (χ0v) is 13.8. The van der Waals surface area contributed by atoms with E-state index in [9.17, 15) is 9.59 Å². The van der Waals surface area contributed by atoms with Crippen LogP contribution < -0.4 is 5.32 Å². The molecule has 1 aliphatic rings. The molecule has 0 aliphatic carbocycles. The molecule has 24 heavy (non-hydrogen) atoms. The predicted molar refractivity (Wildman–Crippen MR) is 90.8 cm³/mol. The van der Waals surface area contributed by atoms with E-state index in [0.29, 0.717) is 13.1 Å². The summed E-state index contributed by atoms with van der Waals surface area (Å²) in [6.45, 7) is 3.17. The maximum absolute atomic E-state index is 12.3. The molecule has 0 bridgehead atoms. The number of likely N-dealkylation sites (tertiary alicyclic amines) is 1. The van der Waals surface area contributed by atoms with Gasteiger partial charge in [-0.15, -0.1) is 0 Å². The van der Waals surface area contributed by atoms with Crippen molar-refractivity contribution in [1.82, 2.24) is 20.2 Å². The Kier molecular flexibility index (Phi) is 4.93. The first kappa shape index (κ1) is 16.2. The second kappa shape index (κ2) is 7.29. The average Bonchev–Trinajstić information content (AvgIpc) is 3.09. The molecule has 1 saturated heterocycles. The third-order valence-electron chi connectivity index (χ3n) is 4.38. The summed E-state index contributed by atoms with van der Waals surface area (Å²) in [6.07, 6.45) is 3.47. The van der Waals surface area contributed by atoms with Crippen molar-refractivity contribution in [2.45, 2.75) is 26.3 Å². The van der Waals surface area contributed by atoms with Crippen LogP contribution >= 0.6 is 0 Å². The molecule has 2 amide bonds. The Hall–Kier alpha value is -2.63. The van der Waals surface area contributed by atoms with E-state index < -0.39 is 0 Å². The van der Waals surface area contributed by atoms with E-state index in [1.807, 2.05) is 30.3 Å². The van der Waals surface area contributed by atoms with Crippen LogP contribution in [-0.4, -0.2) is 39.8 Å². The third-order valence-corrected chi connectivity index (χ3v) is 4.38. The SMILES string of the molecule is CC(=O)N1CCC[C@H](C(=O)NCc2ncc(-c3ccccc3)[nH]2)C1. The normalized spacial score (nSPS) is 17.5. The molecular weight excluding hydrogens is 304 g/mol. The van der Waals surface area contributed by atoms with Gasteiger partial charge in [-0.2, -0.15) is 0 Å². The van der Waals surface area contributed by atoms with Crippen molar-refractivity contribution >= 4 is 11.8 Å². The molecule has 1 aromatic heterocycles. The fourth-order valence-corrected chi connectivity index (χ4v) is 3.01. The van der Waals surface area contributed by atoms with Gasteiger partial charge in [0.05, 0.1) is 24.4 Å². The van der Waals surface area contributed by atoms with Gasteiger partial charge in [0.15, 0.2) is 0 Å². The van der Waals surface area contributed by atoms with Crippen LogP contribution in [0.1, 0.15) is 25.6 Å². The molecule has 1 atom stereocenters. The van der Waals surface area contributed by atoms with Crippen molar-refractivity contribution in [2.24, 2.45) is 5.92 Å². The van der Waals surface area contributed by atoms with E-state index in [0.717, 1.165) is 36.5 Å². The molecule has 1 fully saturated rings. The van der Waals surface area contributed by atoms with Gasteiger partial charge in [0.25, 0.3) is 0 Å². The highest BCUT2D eigenvalue weighted by molar-refractivity contribution is 5.80. The number of carbonyl (C=O) groups is 2. The molecule has 0 spiro atoms. The highest BCUT2D eigenvalue weighted by Crippen LogP contribution is 2.18. The van der Waals surface area contributed by atoms with Crippen molar-refractivity contribution in [3.8, 4) is 11.3 Å². The van der Waals surface area contributed by atoms with Gasteiger partial charge >= 0.3 is 0 Å². The number of carbonyl (C=O) groups excluding carboxylic acids is 2. The maximum atomic E-state index is 12.3. The van der Waals surface area contributed by atoms with Crippen LogP contribution in [0, 0.1) is 5.92 Å². The lowest BCUT2D eigenvalue weighted by Gasteiger charge is -2.31. The second-order valence-corrected chi connectivity index (χ2v) is 6.13. The van der Waals surface area contributed by atoms with E-state index in [2.05, 4.69) is 15.3 Å². The number of aromatic nitrogens is 2. The summed E-state index contributed by atoms with van der Waals surface area (Å²) in [7, 11) is 0. The molecule has 126 valence electrons. The summed E-state index contributed by atoms with van der Waals surface area (Å²) in [4.78, 5) is 33.1. The van der Waals surface area contributed by atoms with Crippen molar-refractivity contribution in [2.75, 3.05) is 13.1 Å². The lowest BCUT2D eigenvalue weighted by atomic mass is 9.97. The van der Waals surface area contributed by atoms with Crippen molar-refractivity contribution in [3.63, 3.8) is 0 Å². The molecule has 6 heteroatoms. The Balaban J connectivity index is 1.55. The molecule has 1 aromatic carbocycles. The Morgan fingerprint density at radius 2 is 2.12 bits per heavy atom. The van der Waals surface area contributed by atoms with E-state index in [4.69, 9.17) is 0 Å². The van der Waals surface area contributed by atoms with Crippen LogP contribution in [0.15, 0.2) is 36.5 Å². The number of nitrogens with zero attached hydrogens (tertiary/aromatic N) is 2. The summed E-state index contributed by atoms with van der Waals surface area (Å²) in [6, 6.07) is 9.93. The highest BCUT2D eigenvalue weighted by Gasteiger charge is 2.26. The lowest BCUT2D eigenvalue weighted by molar-refractivity contribution is -0.134. The predicted octanol–water partition coefficient (Wildman–Crippen LogP) is 1.95. The number of nitrogens with one attached hydrogen (secondary N) is 2. The van der Waals surface area contributed by atoms with Crippen LogP contribution in [0.2, 0.25) is 0 Å². The summed E-state index contributed by atoms with van der Waals surface area (Å²) in [5.41, 5.74) is 1.99. The van der Waals surface area contributed by atoms with E-state index in [1.165, 1.54) is 0 Å². The summed E-state index contributed by atoms with van der Waals surface area (Å²) >= 11 is 0. The number of hydrogen-bond acceptors (Lipinski definition) is 3. The number of aromatic amines is 1. The Morgan fingerprint density at radius 1 is 1.33 bits per heavy atom. The van der Waals surface area contributed by atoms with Crippen LogP contribution in [0.5, 0.6) is 0 Å². The van der Waals surface area contributed by atoms with E-state index in [-0.39, 0.29) is 17.7 Å². The summed E-state index contributed by atoms with van der Waals surface area (Å²) in [5, 5.41) is 2.92. The minimum atomic E-state index is -0.133. The minimum absolute atomic E-state index is 0.0152. The molecule has 0 radical (unpaired) electrons. The average molecular weight is 326 g/mol. The molecule has 2 N–H and O–H groups in total. The number of amides is 2. The number of H-pyrrole nitrogens is 1. The molecule has 3 rings (SSSR count). The Labute approximate surface area is 141 Å². The van der Waals surface area contributed by atoms with Crippen molar-refractivity contribution in [3.05, 3.63) is 42.4 Å². The van der Waals surface area contributed by atoms with Crippen molar-refractivity contribution in [1.29, 1.82) is 0 Å². The van der Waals surface area contributed by atoms with Crippen LogP contribution in [-0.2, 0) is 16.1 Å². The van der Waals surface area contributed by atoms with Gasteiger partial charge < -0.3 is 15.2 Å². The smallest absolute Gasteiger partial charge is 0.225 e.